The van der Waals surface area contributed by atoms with Crippen molar-refractivity contribution in [3.8, 4) is 0 Å². The molecule has 0 aliphatic rings. The lowest BCUT2D eigenvalue weighted by Gasteiger charge is -2.23. The van der Waals surface area contributed by atoms with Crippen LogP contribution in [0.25, 0.3) is 0 Å². The first-order chi connectivity index (χ1) is 15.0. The standard InChI is InChI=1S/C25H26FN3O2/c1-2-25(31)29(18-20-6-5-7-21(26)16-20)23-11-9-19(10-12-23)17-24(30)28-15-13-22-8-3-4-14-27-22/h3-12,14,16H,2,13,15,17-18H2,1H3,(H,28,30). The van der Waals surface area contributed by atoms with E-state index >= 15 is 0 Å². The molecule has 0 aliphatic carbocycles. The van der Waals surface area contributed by atoms with E-state index < -0.39 is 0 Å². The van der Waals surface area contributed by atoms with Gasteiger partial charge in [0.2, 0.25) is 11.8 Å². The molecule has 2 amide bonds. The molecule has 0 bridgehead atoms. The predicted molar refractivity (Wildman–Crippen MR) is 119 cm³/mol. The third-order valence-electron chi connectivity index (χ3n) is 4.88. The summed E-state index contributed by atoms with van der Waals surface area (Å²) >= 11 is 0. The van der Waals surface area contributed by atoms with E-state index in [-0.39, 0.29) is 30.6 Å². The molecule has 3 rings (SSSR count). The minimum Gasteiger partial charge on any atom is -0.355 e. The van der Waals surface area contributed by atoms with E-state index in [9.17, 15) is 14.0 Å². The highest BCUT2D eigenvalue weighted by atomic mass is 19.1. The quantitative estimate of drug-likeness (QED) is 0.569. The van der Waals surface area contributed by atoms with Gasteiger partial charge in [-0.05, 0) is 47.5 Å². The van der Waals surface area contributed by atoms with Gasteiger partial charge in [-0.1, -0.05) is 37.3 Å². The topological polar surface area (TPSA) is 62.3 Å². The van der Waals surface area contributed by atoms with Gasteiger partial charge in [0.05, 0.1) is 13.0 Å². The molecule has 5 nitrogen and oxygen atoms in total. The number of hydrogen-bond acceptors (Lipinski definition) is 3. The van der Waals surface area contributed by atoms with Gasteiger partial charge in [-0.15, -0.1) is 0 Å². The summed E-state index contributed by atoms with van der Waals surface area (Å²) in [6.07, 6.45) is 3.02. The van der Waals surface area contributed by atoms with Crippen LogP contribution in [0.1, 0.15) is 30.2 Å². The van der Waals surface area contributed by atoms with E-state index in [4.69, 9.17) is 0 Å². The maximum atomic E-state index is 13.5. The van der Waals surface area contributed by atoms with Crippen LogP contribution in [0.4, 0.5) is 10.1 Å². The molecule has 0 atom stereocenters. The van der Waals surface area contributed by atoms with Crippen LogP contribution in [0.15, 0.2) is 72.9 Å². The number of halogens is 1. The van der Waals surface area contributed by atoms with Crippen LogP contribution in [-0.2, 0) is 29.0 Å². The van der Waals surface area contributed by atoms with Crippen molar-refractivity contribution in [1.29, 1.82) is 0 Å². The molecule has 0 saturated carbocycles. The normalized spacial score (nSPS) is 10.5. The maximum absolute atomic E-state index is 13.5. The Kier molecular flexibility index (Phi) is 7.87. The largest absolute Gasteiger partial charge is 0.355 e. The summed E-state index contributed by atoms with van der Waals surface area (Å²) in [4.78, 5) is 30.5. The third-order valence-corrected chi connectivity index (χ3v) is 4.88. The van der Waals surface area contributed by atoms with Crippen molar-refractivity contribution in [3.05, 3.63) is 95.6 Å². The fraction of sp³-hybridized carbons (Fsp3) is 0.240. The zero-order valence-corrected chi connectivity index (χ0v) is 17.6. The van der Waals surface area contributed by atoms with Crippen molar-refractivity contribution in [2.45, 2.75) is 32.7 Å². The number of hydrogen-bond donors (Lipinski definition) is 1. The Morgan fingerprint density at radius 2 is 1.81 bits per heavy atom. The molecule has 6 heteroatoms. The first-order valence-corrected chi connectivity index (χ1v) is 10.4. The lowest BCUT2D eigenvalue weighted by Crippen LogP contribution is -2.29. The second kappa shape index (κ2) is 11.0. The maximum Gasteiger partial charge on any atom is 0.227 e. The van der Waals surface area contributed by atoms with Gasteiger partial charge in [0, 0.05) is 37.0 Å². The second-order valence-corrected chi connectivity index (χ2v) is 7.23. The van der Waals surface area contributed by atoms with Crippen molar-refractivity contribution in [3.63, 3.8) is 0 Å². The highest BCUT2D eigenvalue weighted by Gasteiger charge is 2.15. The lowest BCUT2D eigenvalue weighted by atomic mass is 10.1. The van der Waals surface area contributed by atoms with Crippen LogP contribution in [0.3, 0.4) is 0 Å². The van der Waals surface area contributed by atoms with Gasteiger partial charge < -0.3 is 10.2 Å². The number of nitrogens with zero attached hydrogens (tertiary/aromatic N) is 2. The molecular formula is C25H26FN3O2. The van der Waals surface area contributed by atoms with Crippen LogP contribution in [0.5, 0.6) is 0 Å². The van der Waals surface area contributed by atoms with Crippen LogP contribution >= 0.6 is 0 Å². The monoisotopic (exact) mass is 419 g/mol. The number of pyridine rings is 1. The van der Waals surface area contributed by atoms with Gasteiger partial charge in [-0.2, -0.15) is 0 Å². The Bertz CT molecular complexity index is 1010. The number of anilines is 1. The molecule has 0 aliphatic heterocycles. The number of carbonyl (C=O) groups excluding carboxylic acids is 2. The van der Waals surface area contributed by atoms with Gasteiger partial charge in [-0.3, -0.25) is 14.6 Å². The van der Waals surface area contributed by atoms with E-state index in [1.807, 2.05) is 42.5 Å². The smallest absolute Gasteiger partial charge is 0.227 e. The number of rotatable bonds is 9. The van der Waals surface area contributed by atoms with E-state index in [0.29, 0.717) is 19.4 Å². The lowest BCUT2D eigenvalue weighted by molar-refractivity contribution is -0.120. The summed E-state index contributed by atoms with van der Waals surface area (Å²) < 4.78 is 13.5. The molecule has 3 aromatic rings. The molecule has 1 aromatic heterocycles. The summed E-state index contributed by atoms with van der Waals surface area (Å²) in [6, 6.07) is 19.3. The summed E-state index contributed by atoms with van der Waals surface area (Å²) in [5, 5.41) is 2.90. The molecule has 1 N–H and O–H groups in total. The molecule has 2 aromatic carbocycles. The second-order valence-electron chi connectivity index (χ2n) is 7.23. The summed E-state index contributed by atoms with van der Waals surface area (Å²) in [7, 11) is 0. The molecule has 0 radical (unpaired) electrons. The minimum absolute atomic E-state index is 0.0516. The van der Waals surface area contributed by atoms with Crippen molar-refractivity contribution in [2.24, 2.45) is 0 Å². The van der Waals surface area contributed by atoms with E-state index in [0.717, 1.165) is 22.5 Å². The molecule has 1 heterocycles. The SMILES string of the molecule is CCC(=O)N(Cc1cccc(F)c1)c1ccc(CC(=O)NCCc2ccccn2)cc1. The first kappa shape index (κ1) is 22.2. The minimum atomic E-state index is -0.328. The van der Waals surface area contributed by atoms with Crippen LogP contribution < -0.4 is 10.2 Å². The summed E-state index contributed by atoms with van der Waals surface area (Å²) in [5.41, 5.74) is 3.23. The Morgan fingerprint density at radius 3 is 2.48 bits per heavy atom. The Morgan fingerprint density at radius 1 is 1.00 bits per heavy atom. The highest BCUT2D eigenvalue weighted by molar-refractivity contribution is 5.93. The number of carbonyl (C=O) groups is 2. The number of amides is 2. The highest BCUT2D eigenvalue weighted by Crippen LogP contribution is 2.20. The number of benzene rings is 2. The van der Waals surface area contributed by atoms with Gasteiger partial charge in [0.15, 0.2) is 0 Å². The summed E-state index contributed by atoms with van der Waals surface area (Å²) in [5.74, 6) is -0.444. The van der Waals surface area contributed by atoms with E-state index in [1.165, 1.54) is 12.1 Å². The average molecular weight is 420 g/mol. The van der Waals surface area contributed by atoms with E-state index in [2.05, 4.69) is 10.3 Å². The van der Waals surface area contributed by atoms with Crippen LogP contribution in [-0.4, -0.2) is 23.3 Å². The Labute approximate surface area is 181 Å². The van der Waals surface area contributed by atoms with Gasteiger partial charge in [0.25, 0.3) is 0 Å². The van der Waals surface area contributed by atoms with Crippen molar-refractivity contribution in [2.75, 3.05) is 11.4 Å². The van der Waals surface area contributed by atoms with Crippen molar-refractivity contribution < 1.29 is 14.0 Å². The van der Waals surface area contributed by atoms with Gasteiger partial charge >= 0.3 is 0 Å². The molecule has 31 heavy (non-hydrogen) atoms. The zero-order valence-electron chi connectivity index (χ0n) is 17.6. The van der Waals surface area contributed by atoms with Crippen molar-refractivity contribution >= 4 is 17.5 Å². The zero-order chi connectivity index (χ0) is 22.1. The van der Waals surface area contributed by atoms with Crippen molar-refractivity contribution in [1.82, 2.24) is 10.3 Å². The molecule has 160 valence electrons. The van der Waals surface area contributed by atoms with Gasteiger partial charge in [-0.25, -0.2) is 4.39 Å². The number of aromatic nitrogens is 1. The summed E-state index contributed by atoms with van der Waals surface area (Å²) in [6.45, 7) is 2.61. The molecule has 0 fully saturated rings. The average Bonchev–Trinajstić information content (AvgIpc) is 2.78. The Hall–Kier alpha value is -3.54. The predicted octanol–water partition coefficient (Wildman–Crippen LogP) is 4.07. The van der Waals surface area contributed by atoms with Crippen LogP contribution in [0.2, 0.25) is 0 Å². The molecule has 0 saturated heterocycles. The number of nitrogens with one attached hydrogen (secondary N) is 1. The van der Waals surface area contributed by atoms with Gasteiger partial charge in [0.1, 0.15) is 5.82 Å². The fourth-order valence-corrected chi connectivity index (χ4v) is 3.25. The Balaban J connectivity index is 1.58. The van der Waals surface area contributed by atoms with E-state index in [1.54, 1.807) is 30.2 Å². The molecule has 0 spiro atoms. The fourth-order valence-electron chi connectivity index (χ4n) is 3.25. The molecular weight excluding hydrogens is 393 g/mol. The first-order valence-electron chi connectivity index (χ1n) is 10.4. The third kappa shape index (κ3) is 6.74. The van der Waals surface area contributed by atoms with Crippen LogP contribution in [0, 0.1) is 5.82 Å². The molecule has 0 unspecified atom stereocenters.